The fourth-order valence-electron chi connectivity index (χ4n) is 2.46. The quantitative estimate of drug-likeness (QED) is 0.870. The first-order valence-electron chi connectivity index (χ1n) is 6.91. The summed E-state index contributed by atoms with van der Waals surface area (Å²) in [6.45, 7) is 3.64. The molecule has 0 aromatic heterocycles. The molecule has 2 amide bonds. The number of rotatable bonds is 2. The van der Waals surface area contributed by atoms with Gasteiger partial charge in [0.05, 0.1) is 0 Å². The number of piperazine rings is 1. The van der Waals surface area contributed by atoms with Crippen molar-refractivity contribution in [1.82, 2.24) is 15.1 Å². The molecule has 0 aliphatic carbocycles. The van der Waals surface area contributed by atoms with Gasteiger partial charge in [-0.2, -0.15) is 0 Å². The topological polar surface area (TPSA) is 52.7 Å². The van der Waals surface area contributed by atoms with Crippen LogP contribution in [-0.4, -0.2) is 61.4 Å². The largest absolute Gasteiger partial charge is 0.347 e. The van der Waals surface area contributed by atoms with Crippen LogP contribution in [0.25, 0.3) is 0 Å². The van der Waals surface area contributed by atoms with Crippen LogP contribution in [-0.2, 0) is 4.79 Å². The molecule has 1 heterocycles. The molecule has 1 fully saturated rings. The van der Waals surface area contributed by atoms with Gasteiger partial charge < -0.3 is 15.1 Å². The number of benzene rings is 1. The van der Waals surface area contributed by atoms with Gasteiger partial charge in [-0.1, -0.05) is 22.0 Å². The Morgan fingerprint density at radius 2 is 2.10 bits per heavy atom. The van der Waals surface area contributed by atoms with E-state index in [0.29, 0.717) is 25.2 Å². The van der Waals surface area contributed by atoms with Gasteiger partial charge in [0.15, 0.2) is 0 Å². The van der Waals surface area contributed by atoms with Crippen LogP contribution in [0.2, 0.25) is 0 Å². The van der Waals surface area contributed by atoms with Gasteiger partial charge in [0.25, 0.3) is 5.91 Å². The molecule has 5 nitrogen and oxygen atoms in total. The molecule has 0 radical (unpaired) electrons. The summed E-state index contributed by atoms with van der Waals surface area (Å²) in [4.78, 5) is 28.3. The summed E-state index contributed by atoms with van der Waals surface area (Å²) in [5.74, 6) is -0.140. The zero-order chi connectivity index (χ0) is 15.6. The van der Waals surface area contributed by atoms with Crippen molar-refractivity contribution in [3.05, 3.63) is 33.8 Å². The van der Waals surface area contributed by atoms with Gasteiger partial charge in [0, 0.05) is 43.8 Å². The third-order valence-electron chi connectivity index (χ3n) is 3.73. The molecule has 1 unspecified atom stereocenters. The molecule has 0 spiro atoms. The molecule has 0 bridgehead atoms. The van der Waals surface area contributed by atoms with Crippen LogP contribution in [0.3, 0.4) is 0 Å². The predicted molar refractivity (Wildman–Crippen MR) is 85.3 cm³/mol. The van der Waals surface area contributed by atoms with Crippen molar-refractivity contribution in [2.24, 2.45) is 0 Å². The van der Waals surface area contributed by atoms with Crippen molar-refractivity contribution < 1.29 is 9.59 Å². The Labute approximate surface area is 133 Å². The lowest BCUT2D eigenvalue weighted by atomic mass is 10.0. The zero-order valence-electron chi connectivity index (χ0n) is 12.5. The Bertz CT molecular complexity index is 560. The normalized spacial score (nSPS) is 18.5. The van der Waals surface area contributed by atoms with Crippen LogP contribution in [0, 0.1) is 6.92 Å². The fraction of sp³-hybridized carbons (Fsp3) is 0.467. The monoisotopic (exact) mass is 353 g/mol. The van der Waals surface area contributed by atoms with Gasteiger partial charge >= 0.3 is 0 Å². The molecule has 1 atom stereocenters. The number of hydrogen-bond acceptors (Lipinski definition) is 3. The average Bonchev–Trinajstić information content (AvgIpc) is 2.48. The second-order valence-electron chi connectivity index (χ2n) is 5.36. The van der Waals surface area contributed by atoms with Crippen molar-refractivity contribution >= 4 is 27.7 Å². The van der Waals surface area contributed by atoms with E-state index in [1.165, 1.54) is 4.90 Å². The number of carbonyl (C=O) groups is 2. The summed E-state index contributed by atoms with van der Waals surface area (Å²) in [6.07, 6.45) is 0. The number of nitrogens with zero attached hydrogens (tertiary/aromatic N) is 2. The van der Waals surface area contributed by atoms with Crippen molar-refractivity contribution in [3.63, 3.8) is 0 Å². The first kappa shape index (κ1) is 16.0. The molecule has 1 aromatic rings. The summed E-state index contributed by atoms with van der Waals surface area (Å²) >= 11 is 3.45. The highest BCUT2D eigenvalue weighted by molar-refractivity contribution is 9.10. The molecule has 114 valence electrons. The van der Waals surface area contributed by atoms with E-state index in [9.17, 15) is 9.59 Å². The van der Waals surface area contributed by atoms with Gasteiger partial charge in [-0.3, -0.25) is 9.59 Å². The SMILES string of the molecule is Cc1c(Br)cccc1C(=O)N1CCNCC1C(=O)N(C)C. The first-order chi connectivity index (χ1) is 9.93. The Hall–Kier alpha value is -1.40. The van der Waals surface area contributed by atoms with Crippen molar-refractivity contribution in [2.45, 2.75) is 13.0 Å². The number of carbonyl (C=O) groups excluding carboxylic acids is 2. The summed E-state index contributed by atoms with van der Waals surface area (Å²) in [5, 5.41) is 3.18. The summed E-state index contributed by atoms with van der Waals surface area (Å²) in [7, 11) is 3.42. The van der Waals surface area contributed by atoms with E-state index in [0.717, 1.165) is 10.0 Å². The summed E-state index contributed by atoms with van der Waals surface area (Å²) < 4.78 is 0.902. The number of amides is 2. The highest BCUT2D eigenvalue weighted by atomic mass is 79.9. The van der Waals surface area contributed by atoms with Crippen molar-refractivity contribution in [2.75, 3.05) is 33.7 Å². The molecular weight excluding hydrogens is 334 g/mol. The molecule has 1 aliphatic heterocycles. The minimum absolute atomic E-state index is 0.0526. The molecule has 1 aromatic carbocycles. The highest BCUT2D eigenvalue weighted by Gasteiger charge is 2.33. The Morgan fingerprint density at radius 1 is 1.38 bits per heavy atom. The van der Waals surface area contributed by atoms with Crippen molar-refractivity contribution in [1.29, 1.82) is 0 Å². The second kappa shape index (κ2) is 6.58. The minimum Gasteiger partial charge on any atom is -0.347 e. The van der Waals surface area contributed by atoms with E-state index < -0.39 is 6.04 Å². The summed E-state index contributed by atoms with van der Waals surface area (Å²) in [6, 6.07) is 5.11. The third-order valence-corrected chi connectivity index (χ3v) is 4.59. The van der Waals surface area contributed by atoms with Crippen LogP contribution in [0.1, 0.15) is 15.9 Å². The standard InChI is InChI=1S/C15H20BrN3O2/c1-10-11(5-4-6-12(10)16)14(20)19-8-7-17-9-13(19)15(21)18(2)3/h4-6,13,17H,7-9H2,1-3H3. The Balaban J connectivity index is 2.31. The Kier molecular flexibility index (Phi) is 5.00. The zero-order valence-corrected chi connectivity index (χ0v) is 14.1. The smallest absolute Gasteiger partial charge is 0.254 e. The van der Waals surface area contributed by atoms with Gasteiger partial charge in [-0.25, -0.2) is 0 Å². The van der Waals surface area contributed by atoms with Gasteiger partial charge in [0.2, 0.25) is 5.91 Å². The van der Waals surface area contributed by atoms with E-state index in [2.05, 4.69) is 21.2 Å². The molecule has 1 N–H and O–H groups in total. The van der Waals surface area contributed by atoms with Crippen LogP contribution in [0.15, 0.2) is 22.7 Å². The van der Waals surface area contributed by atoms with Crippen LogP contribution < -0.4 is 5.32 Å². The van der Waals surface area contributed by atoms with Gasteiger partial charge in [-0.15, -0.1) is 0 Å². The fourth-order valence-corrected chi connectivity index (χ4v) is 2.83. The Morgan fingerprint density at radius 3 is 2.76 bits per heavy atom. The minimum atomic E-state index is -0.445. The van der Waals surface area contributed by atoms with E-state index in [1.54, 1.807) is 19.0 Å². The lowest BCUT2D eigenvalue weighted by Gasteiger charge is -2.36. The molecular formula is C15H20BrN3O2. The van der Waals surface area contributed by atoms with E-state index in [-0.39, 0.29) is 11.8 Å². The maximum absolute atomic E-state index is 12.8. The highest BCUT2D eigenvalue weighted by Crippen LogP contribution is 2.22. The van der Waals surface area contributed by atoms with E-state index in [4.69, 9.17) is 0 Å². The average molecular weight is 354 g/mol. The second-order valence-corrected chi connectivity index (χ2v) is 6.22. The maximum atomic E-state index is 12.8. The summed E-state index contributed by atoms with van der Waals surface area (Å²) in [5.41, 5.74) is 1.54. The lowest BCUT2D eigenvalue weighted by molar-refractivity contribution is -0.134. The molecule has 1 saturated heterocycles. The van der Waals surface area contributed by atoms with Gasteiger partial charge in [-0.05, 0) is 24.6 Å². The third kappa shape index (κ3) is 3.27. The molecule has 0 saturated carbocycles. The van der Waals surface area contributed by atoms with Gasteiger partial charge in [0.1, 0.15) is 6.04 Å². The van der Waals surface area contributed by atoms with E-state index >= 15 is 0 Å². The van der Waals surface area contributed by atoms with Crippen molar-refractivity contribution in [3.8, 4) is 0 Å². The maximum Gasteiger partial charge on any atom is 0.254 e. The molecule has 6 heteroatoms. The molecule has 2 rings (SSSR count). The predicted octanol–water partition coefficient (Wildman–Crippen LogP) is 1.26. The van der Waals surface area contributed by atoms with Crippen LogP contribution in [0.4, 0.5) is 0 Å². The number of halogens is 1. The number of likely N-dealkylation sites (N-methyl/N-ethyl adjacent to an activating group) is 1. The number of hydrogen-bond donors (Lipinski definition) is 1. The first-order valence-corrected chi connectivity index (χ1v) is 7.70. The number of nitrogens with one attached hydrogen (secondary N) is 1. The van der Waals surface area contributed by atoms with Crippen LogP contribution in [0.5, 0.6) is 0 Å². The molecule has 1 aliphatic rings. The lowest BCUT2D eigenvalue weighted by Crippen LogP contribution is -2.59. The molecule has 21 heavy (non-hydrogen) atoms. The van der Waals surface area contributed by atoms with E-state index in [1.807, 2.05) is 25.1 Å². The van der Waals surface area contributed by atoms with Crippen LogP contribution >= 0.6 is 15.9 Å².